The molecule has 3 nitrogen and oxygen atoms in total. The Morgan fingerprint density at radius 3 is 2.12 bits per heavy atom. The lowest BCUT2D eigenvalue weighted by atomic mass is 9.65. The number of piperidine rings is 1. The maximum absolute atomic E-state index is 10.8. The molecule has 0 aromatic rings. The predicted molar refractivity (Wildman–Crippen MR) is 68.3 cm³/mol. The van der Waals surface area contributed by atoms with Gasteiger partial charge in [0.15, 0.2) is 0 Å². The number of aliphatic hydroxyl groups is 1. The summed E-state index contributed by atoms with van der Waals surface area (Å²) in [5.74, 6) is 0.823. The molecule has 1 heterocycles. The van der Waals surface area contributed by atoms with Crippen LogP contribution in [0.4, 0.5) is 0 Å². The molecule has 1 atom stereocenters. The molecular formula is C13H28N2O. The van der Waals surface area contributed by atoms with Gasteiger partial charge in [-0.1, -0.05) is 27.7 Å². The van der Waals surface area contributed by atoms with Crippen LogP contribution in [0.25, 0.3) is 0 Å². The average Bonchev–Trinajstić information content (AvgIpc) is 2.17. The zero-order valence-corrected chi connectivity index (χ0v) is 11.2. The van der Waals surface area contributed by atoms with Crippen molar-refractivity contribution in [3.63, 3.8) is 0 Å². The Morgan fingerprint density at radius 1 is 1.25 bits per heavy atom. The first-order valence-corrected chi connectivity index (χ1v) is 6.54. The van der Waals surface area contributed by atoms with Gasteiger partial charge in [-0.25, -0.2) is 0 Å². The molecule has 96 valence electrons. The van der Waals surface area contributed by atoms with E-state index in [-0.39, 0.29) is 0 Å². The molecule has 1 aliphatic rings. The third kappa shape index (κ3) is 2.58. The summed E-state index contributed by atoms with van der Waals surface area (Å²) in [6.45, 7) is 10.4. The maximum atomic E-state index is 10.8. The van der Waals surface area contributed by atoms with Crippen LogP contribution in [0.3, 0.4) is 0 Å². The van der Waals surface area contributed by atoms with E-state index in [9.17, 15) is 5.11 Å². The van der Waals surface area contributed by atoms with Gasteiger partial charge in [0.2, 0.25) is 0 Å². The Morgan fingerprint density at radius 2 is 1.75 bits per heavy atom. The first-order valence-electron chi connectivity index (χ1n) is 6.54. The zero-order valence-electron chi connectivity index (χ0n) is 11.2. The zero-order chi connectivity index (χ0) is 12.4. The van der Waals surface area contributed by atoms with Gasteiger partial charge in [-0.2, -0.15) is 0 Å². The molecular weight excluding hydrogens is 200 g/mol. The molecule has 0 radical (unpaired) electrons. The molecule has 1 rings (SSSR count). The quantitative estimate of drug-likeness (QED) is 0.683. The fourth-order valence-electron chi connectivity index (χ4n) is 2.94. The largest absolute Gasteiger partial charge is 0.388 e. The van der Waals surface area contributed by atoms with Crippen molar-refractivity contribution in [1.29, 1.82) is 0 Å². The van der Waals surface area contributed by atoms with Gasteiger partial charge in [0.25, 0.3) is 0 Å². The van der Waals surface area contributed by atoms with Crippen LogP contribution in [0.2, 0.25) is 0 Å². The van der Waals surface area contributed by atoms with Gasteiger partial charge in [-0.3, -0.25) is 0 Å². The first-order chi connectivity index (χ1) is 7.32. The Labute approximate surface area is 99.8 Å². The molecule has 3 heteroatoms. The summed E-state index contributed by atoms with van der Waals surface area (Å²) in [6, 6.07) is 0. The van der Waals surface area contributed by atoms with E-state index < -0.39 is 11.1 Å². The molecule has 0 saturated carbocycles. The first kappa shape index (κ1) is 13.9. The molecule has 16 heavy (non-hydrogen) atoms. The van der Waals surface area contributed by atoms with E-state index in [4.69, 9.17) is 5.73 Å². The van der Waals surface area contributed by atoms with Crippen molar-refractivity contribution >= 4 is 0 Å². The highest BCUT2D eigenvalue weighted by Gasteiger charge is 2.49. The third-order valence-corrected chi connectivity index (χ3v) is 4.07. The summed E-state index contributed by atoms with van der Waals surface area (Å²) >= 11 is 0. The van der Waals surface area contributed by atoms with Crippen molar-refractivity contribution in [2.75, 3.05) is 13.1 Å². The Balaban J connectivity index is 2.90. The van der Waals surface area contributed by atoms with E-state index >= 15 is 0 Å². The van der Waals surface area contributed by atoms with E-state index in [1.807, 2.05) is 0 Å². The molecule has 0 aliphatic carbocycles. The van der Waals surface area contributed by atoms with Crippen molar-refractivity contribution in [3.05, 3.63) is 0 Å². The van der Waals surface area contributed by atoms with E-state index in [0.29, 0.717) is 11.8 Å². The minimum Gasteiger partial charge on any atom is -0.388 e. The minimum atomic E-state index is -0.698. The summed E-state index contributed by atoms with van der Waals surface area (Å²) < 4.78 is 0. The van der Waals surface area contributed by atoms with Gasteiger partial charge < -0.3 is 16.2 Å². The van der Waals surface area contributed by atoms with Gasteiger partial charge in [0.1, 0.15) is 0 Å². The van der Waals surface area contributed by atoms with Gasteiger partial charge >= 0.3 is 0 Å². The Bertz CT molecular complexity index is 222. The summed E-state index contributed by atoms with van der Waals surface area (Å²) in [4.78, 5) is 0. The molecule has 1 fully saturated rings. The van der Waals surface area contributed by atoms with Crippen molar-refractivity contribution < 1.29 is 5.11 Å². The lowest BCUT2D eigenvalue weighted by Crippen LogP contribution is -2.67. The topological polar surface area (TPSA) is 58.3 Å². The van der Waals surface area contributed by atoms with E-state index in [1.54, 1.807) is 0 Å². The third-order valence-electron chi connectivity index (χ3n) is 4.07. The summed E-state index contributed by atoms with van der Waals surface area (Å²) in [5, 5.41) is 14.1. The number of nitrogens with two attached hydrogens (primary N) is 1. The van der Waals surface area contributed by atoms with Gasteiger partial charge in [-0.15, -0.1) is 0 Å². The Kier molecular flexibility index (Phi) is 4.38. The van der Waals surface area contributed by atoms with Crippen molar-refractivity contribution in [2.24, 2.45) is 17.6 Å². The molecule has 0 spiro atoms. The highest BCUT2D eigenvalue weighted by molar-refractivity contribution is 5.07. The van der Waals surface area contributed by atoms with Crippen LogP contribution in [-0.4, -0.2) is 29.3 Å². The van der Waals surface area contributed by atoms with Gasteiger partial charge in [0, 0.05) is 5.54 Å². The lowest BCUT2D eigenvalue weighted by Gasteiger charge is -2.50. The maximum Gasteiger partial charge on any atom is 0.0853 e. The van der Waals surface area contributed by atoms with Crippen LogP contribution < -0.4 is 11.1 Å². The normalized spacial score (nSPS) is 24.8. The second-order valence-corrected chi connectivity index (χ2v) is 6.07. The van der Waals surface area contributed by atoms with Crippen LogP contribution in [0.5, 0.6) is 0 Å². The number of rotatable bonds is 4. The number of hydrogen-bond donors (Lipinski definition) is 3. The van der Waals surface area contributed by atoms with Crippen molar-refractivity contribution in [3.8, 4) is 0 Å². The van der Waals surface area contributed by atoms with Gasteiger partial charge in [-0.05, 0) is 44.2 Å². The van der Waals surface area contributed by atoms with Crippen molar-refractivity contribution in [1.82, 2.24) is 5.32 Å². The molecule has 0 aromatic carbocycles. The van der Waals surface area contributed by atoms with Crippen molar-refractivity contribution in [2.45, 2.75) is 58.1 Å². The number of hydrogen-bond acceptors (Lipinski definition) is 3. The highest BCUT2D eigenvalue weighted by Crippen LogP contribution is 2.38. The molecule has 0 aromatic heterocycles. The molecule has 1 saturated heterocycles. The molecule has 0 amide bonds. The van der Waals surface area contributed by atoms with Crippen LogP contribution in [0.15, 0.2) is 0 Å². The fraction of sp³-hybridized carbons (Fsp3) is 1.00. The second kappa shape index (κ2) is 5.03. The van der Waals surface area contributed by atoms with Gasteiger partial charge in [0.05, 0.1) is 5.60 Å². The Hall–Kier alpha value is -0.120. The summed E-state index contributed by atoms with van der Waals surface area (Å²) in [6.07, 6.45) is 2.43. The van der Waals surface area contributed by atoms with Crippen LogP contribution in [-0.2, 0) is 0 Å². The molecule has 1 aliphatic heterocycles. The molecule has 4 N–H and O–H groups in total. The predicted octanol–water partition coefficient (Wildman–Crippen LogP) is 1.50. The standard InChI is InChI=1S/C13H28N2O/c1-10(2)9-13(14,11(3)4)12(16)5-7-15-8-6-12/h10-11,15-16H,5-9,14H2,1-4H3. The number of nitrogens with one attached hydrogen (secondary N) is 1. The SMILES string of the molecule is CC(C)CC(N)(C(C)C)C1(O)CCNCC1. The smallest absolute Gasteiger partial charge is 0.0853 e. The summed E-state index contributed by atoms with van der Waals surface area (Å²) in [5.41, 5.74) is 5.42. The average molecular weight is 228 g/mol. The van der Waals surface area contributed by atoms with E-state index in [2.05, 4.69) is 33.0 Å². The molecule has 1 unspecified atom stereocenters. The van der Waals surface area contributed by atoms with Crippen LogP contribution in [0.1, 0.15) is 47.0 Å². The minimum absolute atomic E-state index is 0.304. The van der Waals surface area contributed by atoms with Crippen LogP contribution >= 0.6 is 0 Å². The summed E-state index contributed by atoms with van der Waals surface area (Å²) in [7, 11) is 0. The van der Waals surface area contributed by atoms with E-state index in [0.717, 1.165) is 32.4 Å². The highest BCUT2D eigenvalue weighted by atomic mass is 16.3. The monoisotopic (exact) mass is 228 g/mol. The molecule has 0 bridgehead atoms. The van der Waals surface area contributed by atoms with Crippen LogP contribution in [0, 0.1) is 11.8 Å². The van der Waals surface area contributed by atoms with E-state index in [1.165, 1.54) is 0 Å². The fourth-order valence-corrected chi connectivity index (χ4v) is 2.94. The lowest BCUT2D eigenvalue weighted by molar-refractivity contribution is -0.0850. The second-order valence-electron chi connectivity index (χ2n) is 6.07.